The molecule has 176 valence electrons. The molecule has 11 heteroatoms. The molecule has 0 radical (unpaired) electrons. The lowest BCUT2D eigenvalue weighted by Gasteiger charge is -2.14. The predicted octanol–water partition coefficient (Wildman–Crippen LogP) is 5.57. The van der Waals surface area contributed by atoms with Crippen molar-refractivity contribution in [1.82, 2.24) is 5.43 Å². The van der Waals surface area contributed by atoms with Gasteiger partial charge in [0.25, 0.3) is 0 Å². The minimum Gasteiger partial charge on any atom is -0.493 e. The van der Waals surface area contributed by atoms with Gasteiger partial charge in [0.2, 0.25) is 0 Å². The second-order valence-electron chi connectivity index (χ2n) is 6.72. The summed E-state index contributed by atoms with van der Waals surface area (Å²) in [7, 11) is 1.48. The van der Waals surface area contributed by atoms with E-state index in [1.165, 1.54) is 25.5 Å². The van der Waals surface area contributed by atoms with Crippen molar-refractivity contribution >= 4 is 62.8 Å². The molecule has 0 bridgehead atoms. The summed E-state index contributed by atoms with van der Waals surface area (Å²) in [6, 6.07) is 13.4. The van der Waals surface area contributed by atoms with E-state index in [0.29, 0.717) is 31.6 Å². The van der Waals surface area contributed by atoms with Gasteiger partial charge in [0, 0.05) is 21.3 Å². The van der Waals surface area contributed by atoms with Gasteiger partial charge in [-0.15, -0.1) is 0 Å². The van der Waals surface area contributed by atoms with E-state index in [4.69, 9.17) is 32.7 Å². The van der Waals surface area contributed by atoms with Crippen LogP contribution < -0.4 is 20.2 Å². The van der Waals surface area contributed by atoms with Gasteiger partial charge in [-0.05, 0) is 70.0 Å². The van der Waals surface area contributed by atoms with Gasteiger partial charge < -0.3 is 14.8 Å². The molecule has 2 amide bonds. The lowest BCUT2D eigenvalue weighted by Crippen LogP contribution is -2.32. The highest BCUT2D eigenvalue weighted by atomic mass is 79.9. The lowest BCUT2D eigenvalue weighted by atomic mass is 10.2. The Morgan fingerprint density at radius 3 is 2.50 bits per heavy atom. The molecule has 0 aliphatic carbocycles. The van der Waals surface area contributed by atoms with Crippen LogP contribution in [0, 0.1) is 5.82 Å². The molecule has 0 aliphatic rings. The third-order valence-corrected chi connectivity index (χ3v) is 5.50. The summed E-state index contributed by atoms with van der Waals surface area (Å²) < 4.78 is 24.8. The van der Waals surface area contributed by atoms with Gasteiger partial charge in [0.1, 0.15) is 12.4 Å². The maximum atomic E-state index is 12.9. The van der Waals surface area contributed by atoms with Crippen LogP contribution in [0.2, 0.25) is 10.0 Å². The van der Waals surface area contributed by atoms with Gasteiger partial charge in [0.05, 0.1) is 17.8 Å². The van der Waals surface area contributed by atoms with Crippen molar-refractivity contribution in [3.63, 3.8) is 0 Å². The molecule has 3 aromatic rings. The van der Waals surface area contributed by atoms with E-state index in [-0.39, 0.29) is 12.3 Å². The number of nitrogens with one attached hydrogen (secondary N) is 2. The number of rotatable bonds is 7. The van der Waals surface area contributed by atoms with Crippen molar-refractivity contribution < 1.29 is 23.5 Å². The number of carbonyl (C=O) groups is 2. The summed E-state index contributed by atoms with van der Waals surface area (Å²) in [5, 5.41) is 7.12. The first kappa shape index (κ1) is 25.5. The molecule has 7 nitrogen and oxygen atoms in total. The number of amides is 2. The van der Waals surface area contributed by atoms with Crippen LogP contribution >= 0.6 is 39.1 Å². The minimum absolute atomic E-state index is 0.178. The number of carbonyl (C=O) groups excluding carboxylic acids is 2. The van der Waals surface area contributed by atoms with E-state index in [9.17, 15) is 14.0 Å². The molecule has 3 aromatic carbocycles. The number of ether oxygens (including phenoxy) is 2. The Hall–Kier alpha value is -3.14. The second-order valence-corrected chi connectivity index (χ2v) is 8.42. The quantitative estimate of drug-likeness (QED) is 0.221. The Kier molecular flexibility index (Phi) is 8.86. The zero-order valence-electron chi connectivity index (χ0n) is 17.6. The van der Waals surface area contributed by atoms with Gasteiger partial charge in [-0.3, -0.25) is 9.59 Å². The number of methoxy groups -OCH3 is 1. The number of nitrogens with zero attached hydrogens (tertiary/aromatic N) is 1. The van der Waals surface area contributed by atoms with Gasteiger partial charge >= 0.3 is 11.8 Å². The molecular weight excluding hydrogens is 552 g/mol. The number of hydrogen-bond acceptors (Lipinski definition) is 5. The summed E-state index contributed by atoms with van der Waals surface area (Å²) in [5.74, 6) is -1.56. The highest BCUT2D eigenvalue weighted by Gasteiger charge is 2.14. The Morgan fingerprint density at radius 1 is 1.09 bits per heavy atom. The normalized spacial score (nSPS) is 10.7. The first-order valence-electron chi connectivity index (χ1n) is 9.61. The predicted molar refractivity (Wildman–Crippen MR) is 132 cm³/mol. The molecule has 0 aliphatic heterocycles. The summed E-state index contributed by atoms with van der Waals surface area (Å²) >= 11 is 15.5. The van der Waals surface area contributed by atoms with Crippen LogP contribution in [0.5, 0.6) is 11.5 Å². The Bertz CT molecular complexity index is 1240. The summed E-state index contributed by atoms with van der Waals surface area (Å²) in [4.78, 5) is 23.9. The largest absolute Gasteiger partial charge is 0.493 e. The van der Waals surface area contributed by atoms with Crippen LogP contribution in [0.3, 0.4) is 0 Å². The van der Waals surface area contributed by atoms with E-state index in [2.05, 4.69) is 31.8 Å². The van der Waals surface area contributed by atoms with Crippen molar-refractivity contribution in [3.8, 4) is 11.5 Å². The van der Waals surface area contributed by atoms with Gasteiger partial charge in [-0.2, -0.15) is 5.10 Å². The van der Waals surface area contributed by atoms with E-state index in [0.717, 1.165) is 17.7 Å². The van der Waals surface area contributed by atoms with E-state index < -0.39 is 17.6 Å². The summed E-state index contributed by atoms with van der Waals surface area (Å²) in [6.07, 6.45) is 1.33. The molecule has 0 atom stereocenters. The van der Waals surface area contributed by atoms with Crippen molar-refractivity contribution in [2.45, 2.75) is 6.61 Å². The Morgan fingerprint density at radius 2 is 1.82 bits per heavy atom. The fourth-order valence-electron chi connectivity index (χ4n) is 2.68. The number of anilines is 1. The van der Waals surface area contributed by atoms with Crippen molar-refractivity contribution in [1.29, 1.82) is 0 Å². The number of benzene rings is 3. The van der Waals surface area contributed by atoms with Crippen LogP contribution in [0.1, 0.15) is 11.1 Å². The number of halogens is 4. The summed E-state index contributed by atoms with van der Waals surface area (Å²) in [5.41, 5.74) is 3.69. The highest BCUT2D eigenvalue weighted by molar-refractivity contribution is 9.10. The first-order valence-corrected chi connectivity index (χ1v) is 11.2. The maximum absolute atomic E-state index is 12.9. The van der Waals surface area contributed by atoms with E-state index in [1.54, 1.807) is 30.3 Å². The molecule has 0 aromatic heterocycles. The van der Waals surface area contributed by atoms with Crippen LogP contribution in [-0.2, 0) is 16.2 Å². The molecule has 0 spiro atoms. The Balaban J connectivity index is 1.63. The molecule has 34 heavy (non-hydrogen) atoms. The zero-order chi connectivity index (χ0) is 24.7. The SMILES string of the molecule is COc1cc(C=NNC(=O)C(=O)Nc2ccc(F)cc2)cc(Br)c1OCc1ccc(Cl)cc1Cl. The van der Waals surface area contributed by atoms with Gasteiger partial charge in [-0.1, -0.05) is 29.3 Å². The molecule has 0 saturated heterocycles. The van der Waals surface area contributed by atoms with Crippen LogP contribution in [0.4, 0.5) is 10.1 Å². The van der Waals surface area contributed by atoms with Crippen LogP contribution in [0.15, 0.2) is 64.2 Å². The summed E-state index contributed by atoms with van der Waals surface area (Å²) in [6.45, 7) is 0.178. The average molecular weight is 569 g/mol. The van der Waals surface area contributed by atoms with E-state index >= 15 is 0 Å². The highest BCUT2D eigenvalue weighted by Crippen LogP contribution is 2.37. The average Bonchev–Trinajstić information content (AvgIpc) is 2.80. The van der Waals surface area contributed by atoms with Crippen molar-refractivity contribution in [2.24, 2.45) is 5.10 Å². The standard InChI is InChI=1S/C23H17BrCl2FN3O4/c1-33-20-9-13(8-18(24)21(20)34-12-14-2-3-15(25)10-19(14)26)11-28-30-23(32)22(31)29-17-6-4-16(27)5-7-17/h2-11H,12H2,1H3,(H,29,31)(H,30,32). The molecule has 2 N–H and O–H groups in total. The van der Waals surface area contributed by atoms with Crippen molar-refractivity contribution in [2.75, 3.05) is 12.4 Å². The fraction of sp³-hybridized carbons (Fsp3) is 0.0870. The number of hydrazone groups is 1. The maximum Gasteiger partial charge on any atom is 0.329 e. The zero-order valence-corrected chi connectivity index (χ0v) is 20.7. The number of hydrogen-bond donors (Lipinski definition) is 2. The minimum atomic E-state index is -0.994. The Labute approximate surface area is 213 Å². The molecule has 0 unspecified atom stereocenters. The third-order valence-electron chi connectivity index (χ3n) is 4.33. The molecule has 3 rings (SSSR count). The van der Waals surface area contributed by atoms with Gasteiger partial charge in [0.15, 0.2) is 11.5 Å². The smallest absolute Gasteiger partial charge is 0.329 e. The van der Waals surface area contributed by atoms with Crippen molar-refractivity contribution in [3.05, 3.63) is 86.1 Å². The molecule has 0 fully saturated rings. The molecule has 0 heterocycles. The van der Waals surface area contributed by atoms with Crippen LogP contribution in [-0.4, -0.2) is 25.1 Å². The fourth-order valence-corrected chi connectivity index (χ4v) is 3.72. The topological polar surface area (TPSA) is 89.0 Å². The molecule has 0 saturated carbocycles. The van der Waals surface area contributed by atoms with E-state index in [1.807, 2.05) is 0 Å². The lowest BCUT2D eigenvalue weighted by molar-refractivity contribution is -0.136. The first-order chi connectivity index (χ1) is 16.3. The second kappa shape index (κ2) is 11.8. The molecular formula is C23H17BrCl2FN3O4. The van der Waals surface area contributed by atoms with Crippen LogP contribution in [0.25, 0.3) is 0 Å². The third kappa shape index (κ3) is 6.93. The van der Waals surface area contributed by atoms with Gasteiger partial charge in [-0.25, -0.2) is 9.82 Å². The monoisotopic (exact) mass is 567 g/mol.